The molecule has 2 N–H and O–H groups in total. The fourth-order valence-electron chi connectivity index (χ4n) is 2.83. The van der Waals surface area contributed by atoms with E-state index in [0.29, 0.717) is 16.5 Å². The topological polar surface area (TPSA) is 84.5 Å². The molecule has 0 radical (unpaired) electrons. The van der Waals surface area contributed by atoms with E-state index in [-0.39, 0.29) is 25.1 Å². The summed E-state index contributed by atoms with van der Waals surface area (Å²) in [6, 6.07) is 6.44. The molecule has 0 spiro atoms. The SMILES string of the molecule is C[C@H]1CCCC[C@H]1NC(=O)COC(=O)CNC(=O)c1ccc(Cl)cc1. The number of rotatable bonds is 6. The van der Waals surface area contributed by atoms with Crippen LogP contribution in [0.25, 0.3) is 0 Å². The number of halogens is 1. The summed E-state index contributed by atoms with van der Waals surface area (Å²) < 4.78 is 4.90. The fraction of sp³-hybridized carbons (Fsp3) is 0.500. The van der Waals surface area contributed by atoms with Crippen LogP contribution in [0, 0.1) is 5.92 Å². The molecule has 2 amide bonds. The lowest BCUT2D eigenvalue weighted by atomic mass is 9.86. The lowest BCUT2D eigenvalue weighted by Gasteiger charge is -2.29. The Labute approximate surface area is 152 Å². The molecule has 0 aromatic heterocycles. The van der Waals surface area contributed by atoms with Gasteiger partial charge in [-0.15, -0.1) is 0 Å². The van der Waals surface area contributed by atoms with Gasteiger partial charge < -0.3 is 15.4 Å². The van der Waals surface area contributed by atoms with Crippen molar-refractivity contribution in [2.24, 2.45) is 5.92 Å². The normalized spacial score (nSPS) is 19.8. The van der Waals surface area contributed by atoms with Crippen molar-refractivity contribution in [2.75, 3.05) is 13.2 Å². The zero-order valence-electron chi connectivity index (χ0n) is 14.2. The van der Waals surface area contributed by atoms with Crippen molar-refractivity contribution in [1.29, 1.82) is 0 Å². The minimum Gasteiger partial charge on any atom is -0.454 e. The maximum atomic E-state index is 11.9. The Kier molecular flexibility index (Phi) is 7.25. The van der Waals surface area contributed by atoms with Gasteiger partial charge in [-0.1, -0.05) is 31.4 Å². The lowest BCUT2D eigenvalue weighted by Crippen LogP contribution is -2.43. The second-order valence-corrected chi connectivity index (χ2v) is 6.72. The van der Waals surface area contributed by atoms with E-state index in [1.54, 1.807) is 24.3 Å². The first-order valence-electron chi connectivity index (χ1n) is 8.44. The molecule has 1 aromatic carbocycles. The van der Waals surface area contributed by atoms with Gasteiger partial charge in [-0.25, -0.2) is 0 Å². The molecule has 0 heterocycles. The van der Waals surface area contributed by atoms with E-state index in [9.17, 15) is 14.4 Å². The van der Waals surface area contributed by atoms with Crippen molar-refractivity contribution in [3.63, 3.8) is 0 Å². The van der Waals surface area contributed by atoms with E-state index < -0.39 is 11.9 Å². The highest BCUT2D eigenvalue weighted by molar-refractivity contribution is 6.30. The third-order valence-corrected chi connectivity index (χ3v) is 4.57. The van der Waals surface area contributed by atoms with Crippen molar-refractivity contribution in [3.05, 3.63) is 34.9 Å². The number of hydrogen-bond acceptors (Lipinski definition) is 4. The van der Waals surface area contributed by atoms with Crippen LogP contribution < -0.4 is 10.6 Å². The maximum absolute atomic E-state index is 11.9. The second-order valence-electron chi connectivity index (χ2n) is 6.29. The molecule has 2 rings (SSSR count). The Morgan fingerprint density at radius 3 is 2.52 bits per heavy atom. The first-order chi connectivity index (χ1) is 12.0. The zero-order valence-corrected chi connectivity index (χ0v) is 15.0. The molecule has 0 bridgehead atoms. The lowest BCUT2D eigenvalue weighted by molar-refractivity contribution is -0.147. The third kappa shape index (κ3) is 6.38. The predicted molar refractivity (Wildman–Crippen MR) is 94.3 cm³/mol. The van der Waals surface area contributed by atoms with Crippen LogP contribution >= 0.6 is 11.6 Å². The average molecular weight is 367 g/mol. The van der Waals surface area contributed by atoms with E-state index in [4.69, 9.17) is 16.3 Å². The van der Waals surface area contributed by atoms with Gasteiger partial charge in [-0.05, 0) is 43.0 Å². The molecule has 2 atom stereocenters. The summed E-state index contributed by atoms with van der Waals surface area (Å²) in [6.07, 6.45) is 4.35. The molecule has 7 heteroatoms. The van der Waals surface area contributed by atoms with Gasteiger partial charge in [0, 0.05) is 16.6 Å². The van der Waals surface area contributed by atoms with Crippen LogP contribution in [0.15, 0.2) is 24.3 Å². The van der Waals surface area contributed by atoms with Crippen LogP contribution in [0.5, 0.6) is 0 Å². The second kappa shape index (κ2) is 9.42. The van der Waals surface area contributed by atoms with Gasteiger partial charge in [0.1, 0.15) is 6.54 Å². The molecule has 1 saturated carbocycles. The average Bonchev–Trinajstić information content (AvgIpc) is 2.60. The van der Waals surface area contributed by atoms with Gasteiger partial charge in [0.25, 0.3) is 11.8 Å². The molecule has 0 saturated heterocycles. The predicted octanol–water partition coefficient (Wildman–Crippen LogP) is 2.31. The van der Waals surface area contributed by atoms with E-state index in [2.05, 4.69) is 17.6 Å². The molecule has 1 fully saturated rings. The first kappa shape index (κ1) is 19.2. The van der Waals surface area contributed by atoms with Crippen LogP contribution in [-0.2, 0) is 14.3 Å². The molecule has 25 heavy (non-hydrogen) atoms. The van der Waals surface area contributed by atoms with E-state index in [0.717, 1.165) is 19.3 Å². The minimum absolute atomic E-state index is 0.143. The van der Waals surface area contributed by atoms with Gasteiger partial charge >= 0.3 is 5.97 Å². The number of benzene rings is 1. The Balaban J connectivity index is 1.67. The molecular formula is C18H23ClN2O4. The summed E-state index contributed by atoms with van der Waals surface area (Å²) in [7, 11) is 0. The van der Waals surface area contributed by atoms with Gasteiger partial charge in [0.15, 0.2) is 6.61 Å². The van der Waals surface area contributed by atoms with Gasteiger partial charge in [-0.3, -0.25) is 14.4 Å². The van der Waals surface area contributed by atoms with Gasteiger partial charge in [0.2, 0.25) is 0 Å². The zero-order chi connectivity index (χ0) is 18.2. The first-order valence-corrected chi connectivity index (χ1v) is 8.82. The standard InChI is InChI=1S/C18H23ClN2O4/c1-12-4-2-3-5-15(12)21-16(22)11-25-17(23)10-20-18(24)13-6-8-14(19)9-7-13/h6-9,12,15H,2-5,10-11H2,1H3,(H,20,24)(H,21,22)/t12-,15+/m0/s1. The smallest absolute Gasteiger partial charge is 0.325 e. The Morgan fingerprint density at radius 1 is 1.16 bits per heavy atom. The molecule has 136 valence electrons. The number of carbonyl (C=O) groups excluding carboxylic acids is 3. The Hall–Kier alpha value is -2.08. The van der Waals surface area contributed by atoms with Crippen molar-refractivity contribution < 1.29 is 19.1 Å². The maximum Gasteiger partial charge on any atom is 0.325 e. The highest BCUT2D eigenvalue weighted by atomic mass is 35.5. The van der Waals surface area contributed by atoms with Crippen molar-refractivity contribution in [2.45, 2.75) is 38.6 Å². The quantitative estimate of drug-likeness (QED) is 0.756. The summed E-state index contributed by atoms with van der Waals surface area (Å²) >= 11 is 5.75. The summed E-state index contributed by atoms with van der Waals surface area (Å²) in [4.78, 5) is 35.4. The number of esters is 1. The summed E-state index contributed by atoms with van der Waals surface area (Å²) in [5.74, 6) is -0.938. The van der Waals surface area contributed by atoms with Crippen molar-refractivity contribution >= 4 is 29.4 Å². The Bertz CT molecular complexity index is 618. The Morgan fingerprint density at radius 2 is 1.84 bits per heavy atom. The van der Waals surface area contributed by atoms with Crippen LogP contribution in [0.2, 0.25) is 5.02 Å². The monoisotopic (exact) mass is 366 g/mol. The van der Waals surface area contributed by atoms with Crippen LogP contribution in [-0.4, -0.2) is 37.0 Å². The van der Waals surface area contributed by atoms with Crippen LogP contribution in [0.4, 0.5) is 0 Å². The number of amides is 2. The van der Waals surface area contributed by atoms with Crippen molar-refractivity contribution in [3.8, 4) is 0 Å². The van der Waals surface area contributed by atoms with E-state index >= 15 is 0 Å². The summed E-state index contributed by atoms with van der Waals surface area (Å²) in [6.45, 7) is 1.48. The number of ether oxygens (including phenoxy) is 1. The molecule has 0 unspecified atom stereocenters. The summed E-state index contributed by atoms with van der Waals surface area (Å²) in [5, 5.41) is 5.87. The highest BCUT2D eigenvalue weighted by Crippen LogP contribution is 2.23. The molecule has 0 aliphatic heterocycles. The number of hydrogen-bond donors (Lipinski definition) is 2. The van der Waals surface area contributed by atoms with Crippen LogP contribution in [0.1, 0.15) is 43.0 Å². The number of carbonyl (C=O) groups is 3. The van der Waals surface area contributed by atoms with E-state index in [1.807, 2.05) is 0 Å². The molecular weight excluding hydrogens is 344 g/mol. The van der Waals surface area contributed by atoms with Gasteiger partial charge in [-0.2, -0.15) is 0 Å². The largest absolute Gasteiger partial charge is 0.454 e. The number of nitrogens with one attached hydrogen (secondary N) is 2. The minimum atomic E-state index is -0.658. The molecule has 1 aliphatic carbocycles. The van der Waals surface area contributed by atoms with Gasteiger partial charge in [0.05, 0.1) is 0 Å². The molecule has 1 aliphatic rings. The summed E-state index contributed by atoms with van der Waals surface area (Å²) in [5.41, 5.74) is 0.390. The van der Waals surface area contributed by atoms with Crippen LogP contribution in [0.3, 0.4) is 0 Å². The molecule has 1 aromatic rings. The molecule has 6 nitrogen and oxygen atoms in total. The third-order valence-electron chi connectivity index (χ3n) is 4.32. The van der Waals surface area contributed by atoms with E-state index in [1.165, 1.54) is 6.42 Å². The highest BCUT2D eigenvalue weighted by Gasteiger charge is 2.23. The fourth-order valence-corrected chi connectivity index (χ4v) is 2.96. The van der Waals surface area contributed by atoms with Crippen molar-refractivity contribution in [1.82, 2.24) is 10.6 Å².